The minimum Gasteiger partial charge on any atom is -0.493 e. The molecule has 0 fully saturated rings. The van der Waals surface area contributed by atoms with Crippen LogP contribution < -0.4 is 26.1 Å². The number of hydrogen-bond donors (Lipinski definition) is 3. The topological polar surface area (TPSA) is 142 Å². The summed E-state index contributed by atoms with van der Waals surface area (Å²) in [7, 11) is 3.14. The Hall–Kier alpha value is -3.32. The number of thiazole rings is 1. The fourth-order valence-corrected chi connectivity index (χ4v) is 3.48. The first-order valence-corrected chi connectivity index (χ1v) is 10.4. The van der Waals surface area contributed by atoms with Gasteiger partial charge in [0.25, 0.3) is 5.95 Å². The van der Waals surface area contributed by atoms with Crippen LogP contribution in [0.3, 0.4) is 0 Å². The lowest BCUT2D eigenvalue weighted by atomic mass is 10.1. The van der Waals surface area contributed by atoms with Gasteiger partial charge in [0.05, 0.1) is 25.7 Å². The number of nitrogens with two attached hydrogens (primary N) is 1. The van der Waals surface area contributed by atoms with Crippen LogP contribution in [-0.2, 0) is 4.79 Å². The summed E-state index contributed by atoms with van der Waals surface area (Å²) in [5, 5.41) is 17.6. The summed E-state index contributed by atoms with van der Waals surface area (Å²) < 4.78 is 11.8. The van der Waals surface area contributed by atoms with Crippen molar-refractivity contribution < 1.29 is 14.3 Å². The lowest BCUT2D eigenvalue weighted by Crippen LogP contribution is -2.17. The Labute approximate surface area is 180 Å². The molecule has 13 heteroatoms. The Morgan fingerprint density at radius 3 is 2.80 bits per heavy atom. The maximum absolute atomic E-state index is 12.0. The highest BCUT2D eigenvalue weighted by molar-refractivity contribution is 7.99. The van der Waals surface area contributed by atoms with Crippen molar-refractivity contribution in [3.8, 4) is 11.5 Å². The molecule has 1 aromatic carbocycles. The van der Waals surface area contributed by atoms with Crippen molar-refractivity contribution in [3.63, 3.8) is 0 Å². The van der Waals surface area contributed by atoms with Crippen molar-refractivity contribution in [2.75, 3.05) is 36.6 Å². The van der Waals surface area contributed by atoms with Crippen LogP contribution >= 0.6 is 23.1 Å². The zero-order valence-electron chi connectivity index (χ0n) is 16.4. The number of methoxy groups -OCH3 is 2. The van der Waals surface area contributed by atoms with Gasteiger partial charge in [0.2, 0.25) is 11.1 Å². The number of amides is 1. The molecule has 0 bridgehead atoms. The van der Waals surface area contributed by atoms with Gasteiger partial charge in [-0.25, -0.2) is 15.1 Å². The fourth-order valence-electron chi connectivity index (χ4n) is 2.28. The smallest absolute Gasteiger partial charge is 0.264 e. The van der Waals surface area contributed by atoms with Crippen molar-refractivity contribution in [1.82, 2.24) is 19.9 Å². The average molecular weight is 449 g/mol. The monoisotopic (exact) mass is 448 g/mol. The van der Waals surface area contributed by atoms with E-state index in [1.807, 2.05) is 19.1 Å². The van der Waals surface area contributed by atoms with Gasteiger partial charge in [0, 0.05) is 17.1 Å². The Morgan fingerprint density at radius 1 is 1.30 bits per heavy atom. The largest absolute Gasteiger partial charge is 0.493 e. The van der Waals surface area contributed by atoms with Crippen LogP contribution in [0.15, 0.2) is 40.0 Å². The number of benzene rings is 1. The molecule has 0 spiro atoms. The van der Waals surface area contributed by atoms with Crippen LogP contribution in [0.5, 0.6) is 11.5 Å². The third-order valence-corrected chi connectivity index (χ3v) is 5.43. The summed E-state index contributed by atoms with van der Waals surface area (Å²) in [5.41, 5.74) is 4.29. The number of hydrogen-bond acceptors (Lipinski definition) is 11. The summed E-state index contributed by atoms with van der Waals surface area (Å²) in [6, 6.07) is 5.47. The molecular formula is C17H20N8O3S2. The number of ether oxygens (including phenoxy) is 2. The number of anilines is 2. The second-order valence-electron chi connectivity index (χ2n) is 5.73. The number of thioether (sulfide) groups is 1. The van der Waals surface area contributed by atoms with Gasteiger partial charge in [-0.1, -0.05) is 11.8 Å². The van der Waals surface area contributed by atoms with E-state index in [-0.39, 0.29) is 17.6 Å². The molecule has 0 saturated carbocycles. The van der Waals surface area contributed by atoms with Gasteiger partial charge in [0.1, 0.15) is 0 Å². The van der Waals surface area contributed by atoms with E-state index in [9.17, 15) is 4.79 Å². The predicted molar refractivity (Wildman–Crippen MR) is 117 cm³/mol. The van der Waals surface area contributed by atoms with Gasteiger partial charge in [-0.05, 0) is 25.1 Å². The first kappa shape index (κ1) is 21.4. The molecule has 2 aromatic heterocycles. The van der Waals surface area contributed by atoms with Crippen molar-refractivity contribution in [3.05, 3.63) is 35.3 Å². The number of nitrogens with one attached hydrogen (secondary N) is 2. The lowest BCUT2D eigenvalue weighted by molar-refractivity contribution is -0.113. The number of aromatic nitrogens is 4. The standard InChI is InChI=1S/C17H20N8O3S2/c1-10(11-4-5-12(27-2)13(8-11)28-3)21-22-15-23-24-17(25(15)18)30-9-14(26)20-16-19-6-7-29-16/h4-8H,9,18H2,1-3H3,(H,22,23)(H,19,20,26)/b21-10+. The van der Waals surface area contributed by atoms with E-state index < -0.39 is 0 Å². The molecule has 30 heavy (non-hydrogen) atoms. The lowest BCUT2D eigenvalue weighted by Gasteiger charge is -2.09. The number of nitrogens with zero attached hydrogens (tertiary/aromatic N) is 5. The maximum Gasteiger partial charge on any atom is 0.264 e. The molecule has 0 unspecified atom stereocenters. The van der Waals surface area contributed by atoms with Crippen LogP contribution in [0.1, 0.15) is 12.5 Å². The molecule has 4 N–H and O–H groups in total. The first-order valence-electron chi connectivity index (χ1n) is 8.57. The van der Waals surface area contributed by atoms with Gasteiger partial charge in [-0.2, -0.15) is 5.10 Å². The number of carbonyl (C=O) groups excluding carboxylic acids is 1. The summed E-state index contributed by atoms with van der Waals surface area (Å²) in [6.07, 6.45) is 1.62. The van der Waals surface area contributed by atoms with Crippen LogP contribution in [0.2, 0.25) is 0 Å². The van der Waals surface area contributed by atoms with E-state index >= 15 is 0 Å². The van der Waals surface area contributed by atoms with E-state index in [2.05, 4.69) is 31.0 Å². The van der Waals surface area contributed by atoms with E-state index in [1.54, 1.807) is 31.9 Å². The quantitative estimate of drug-likeness (QED) is 0.194. The molecule has 158 valence electrons. The second-order valence-corrected chi connectivity index (χ2v) is 7.57. The Balaban J connectivity index is 1.61. The summed E-state index contributed by atoms with van der Waals surface area (Å²) >= 11 is 2.49. The highest BCUT2D eigenvalue weighted by Gasteiger charge is 2.13. The molecule has 3 aromatic rings. The first-order chi connectivity index (χ1) is 14.5. The molecule has 0 saturated heterocycles. The van der Waals surface area contributed by atoms with E-state index in [0.717, 1.165) is 17.3 Å². The Morgan fingerprint density at radius 2 is 2.10 bits per heavy atom. The molecule has 0 aliphatic heterocycles. The molecule has 0 radical (unpaired) electrons. The molecule has 0 aliphatic carbocycles. The van der Waals surface area contributed by atoms with Gasteiger partial charge >= 0.3 is 0 Å². The highest BCUT2D eigenvalue weighted by atomic mass is 32.2. The van der Waals surface area contributed by atoms with Crippen molar-refractivity contribution in [2.24, 2.45) is 5.10 Å². The summed E-state index contributed by atoms with van der Waals surface area (Å²) in [4.78, 5) is 16.0. The normalized spacial score (nSPS) is 11.2. The predicted octanol–water partition coefficient (Wildman–Crippen LogP) is 2.03. The molecule has 1 amide bonds. The van der Waals surface area contributed by atoms with Crippen LogP contribution in [0.4, 0.5) is 11.1 Å². The summed E-state index contributed by atoms with van der Waals surface area (Å²) in [6.45, 7) is 1.82. The Kier molecular flexibility index (Phi) is 7.08. The van der Waals surface area contributed by atoms with Gasteiger partial charge in [0.15, 0.2) is 16.6 Å². The molecule has 3 rings (SSSR count). The SMILES string of the molecule is COc1ccc(/C(C)=N/Nc2nnc(SCC(=O)Nc3nccs3)n2N)cc1OC. The summed E-state index contributed by atoms with van der Waals surface area (Å²) in [5.74, 6) is 7.36. The third-order valence-electron chi connectivity index (χ3n) is 3.80. The maximum atomic E-state index is 12.0. The Bertz CT molecular complexity index is 1040. The van der Waals surface area contributed by atoms with E-state index in [4.69, 9.17) is 15.3 Å². The average Bonchev–Trinajstić information content (AvgIpc) is 3.39. The van der Waals surface area contributed by atoms with Crippen molar-refractivity contribution >= 4 is 45.8 Å². The van der Waals surface area contributed by atoms with Crippen LogP contribution in [0.25, 0.3) is 0 Å². The minimum atomic E-state index is -0.213. The van der Waals surface area contributed by atoms with Crippen molar-refractivity contribution in [2.45, 2.75) is 12.1 Å². The van der Waals surface area contributed by atoms with E-state index in [1.165, 1.54) is 16.0 Å². The number of carbonyl (C=O) groups is 1. The van der Waals surface area contributed by atoms with Gasteiger partial charge < -0.3 is 20.6 Å². The number of rotatable bonds is 9. The fraction of sp³-hybridized carbons (Fsp3) is 0.235. The number of nitrogen functional groups attached to an aromatic ring is 1. The van der Waals surface area contributed by atoms with Gasteiger partial charge in [-0.3, -0.25) is 4.79 Å². The molecule has 0 atom stereocenters. The molecule has 11 nitrogen and oxygen atoms in total. The molecule has 0 aliphatic rings. The van der Waals surface area contributed by atoms with Crippen molar-refractivity contribution in [1.29, 1.82) is 0 Å². The number of hydrazone groups is 1. The van der Waals surface area contributed by atoms with E-state index in [0.29, 0.717) is 27.5 Å². The minimum absolute atomic E-state index is 0.114. The highest BCUT2D eigenvalue weighted by Crippen LogP contribution is 2.27. The zero-order valence-corrected chi connectivity index (χ0v) is 18.1. The van der Waals surface area contributed by atoms with Crippen LogP contribution in [-0.4, -0.2) is 51.4 Å². The van der Waals surface area contributed by atoms with Gasteiger partial charge in [-0.15, -0.1) is 21.5 Å². The third kappa shape index (κ3) is 5.18. The second kappa shape index (κ2) is 9.93. The zero-order chi connectivity index (χ0) is 21.5. The molecular weight excluding hydrogens is 428 g/mol. The molecule has 2 heterocycles. The van der Waals surface area contributed by atoms with Crippen LogP contribution in [0, 0.1) is 0 Å².